The molecule has 0 heterocycles. The van der Waals surface area contributed by atoms with Crippen molar-refractivity contribution in [3.05, 3.63) is 0 Å². The van der Waals surface area contributed by atoms with Crippen molar-refractivity contribution < 1.29 is 51.4 Å². The molecule has 0 unspecified atom stereocenters. The van der Waals surface area contributed by atoms with E-state index in [1.807, 2.05) is 0 Å². The topological polar surface area (TPSA) is 178 Å². The van der Waals surface area contributed by atoms with Gasteiger partial charge in [-0.3, -0.25) is 0 Å². The predicted molar refractivity (Wildman–Crippen MR) is 17.0 cm³/mol. The molecule has 53 valence electrons. The summed E-state index contributed by atoms with van der Waals surface area (Å²) in [5.41, 5.74) is 0. The maximum atomic E-state index is 0. The minimum absolute atomic E-state index is 0. The van der Waals surface area contributed by atoms with Crippen molar-refractivity contribution in [2.45, 2.75) is 0 Å². The number of rotatable bonds is 0. The fraction of sp³-hybridized carbons (Fsp3) is 0. The molecule has 0 aromatic rings. The first-order valence-corrected chi connectivity index (χ1v) is 0. The molecule has 0 aromatic carbocycles. The Labute approximate surface area is 88.4 Å². The van der Waals surface area contributed by atoms with E-state index in [0.29, 0.717) is 0 Å². The predicted octanol–water partition coefficient (Wildman–Crippen LogP) is -2.57. The molecular weight excluding hydrogens is 187 g/mol. The van der Waals surface area contributed by atoms with Gasteiger partial charge in [-0.2, -0.15) is 0 Å². The van der Waals surface area contributed by atoms with Gasteiger partial charge in [-0.1, -0.05) is 0 Å². The van der Waals surface area contributed by atoms with Gasteiger partial charge in [-0.25, -0.2) is 0 Å². The average molecular weight is 192 g/mol. The minimum atomic E-state index is 0. The van der Waals surface area contributed by atoms with Crippen LogP contribution in [0.2, 0.25) is 0 Å². The molecule has 0 spiro atoms. The molecule has 0 fully saturated rings. The SMILES string of the molecule is O.O.[Ca+2].[O-2].[O-2].[O-2].[OH-].[V]. The second-order valence-corrected chi connectivity index (χ2v) is 0. The maximum Gasteiger partial charge on any atom is 2.00 e. The van der Waals surface area contributed by atoms with Crippen LogP contribution in [0.4, 0.5) is 0 Å². The Kier molecular flexibility index (Phi) is 6680. The van der Waals surface area contributed by atoms with Crippen LogP contribution in [-0.4, -0.2) is 54.2 Å². The van der Waals surface area contributed by atoms with E-state index in [9.17, 15) is 0 Å². The molecule has 0 rings (SSSR count). The van der Waals surface area contributed by atoms with Crippen molar-refractivity contribution in [3.8, 4) is 0 Å². The Bertz CT molecular complexity index is 8.49. The Morgan fingerprint density at radius 1 is 0.625 bits per heavy atom. The van der Waals surface area contributed by atoms with Gasteiger partial charge < -0.3 is 32.9 Å². The largest absolute Gasteiger partial charge is 2.00 e. The molecule has 5 N–H and O–H groups in total. The van der Waals surface area contributed by atoms with Gasteiger partial charge in [0.05, 0.1) is 0 Å². The molecular formula is H5CaO6V-5. The Balaban J connectivity index is 0. The third kappa shape index (κ3) is 129. The molecule has 0 aromatic heterocycles. The molecule has 0 saturated heterocycles. The van der Waals surface area contributed by atoms with Crippen LogP contribution >= 0.6 is 0 Å². The van der Waals surface area contributed by atoms with Crippen molar-refractivity contribution in [2.75, 3.05) is 0 Å². The monoisotopic (exact) mass is 192 g/mol. The van der Waals surface area contributed by atoms with Crippen LogP contribution in [0.15, 0.2) is 0 Å². The van der Waals surface area contributed by atoms with E-state index in [4.69, 9.17) is 0 Å². The number of hydrogen-bond acceptors (Lipinski definition) is 1. The molecule has 0 aliphatic rings. The molecule has 8 heteroatoms. The first-order chi connectivity index (χ1) is 0. The van der Waals surface area contributed by atoms with Crippen LogP contribution in [0.1, 0.15) is 0 Å². The second-order valence-electron chi connectivity index (χ2n) is 0. The van der Waals surface area contributed by atoms with Crippen molar-refractivity contribution in [2.24, 2.45) is 0 Å². The van der Waals surface area contributed by atoms with Crippen LogP contribution in [0, 0.1) is 0 Å². The molecule has 1 radical (unpaired) electrons. The molecule has 6 nitrogen and oxygen atoms in total. The molecule has 8 heavy (non-hydrogen) atoms. The van der Waals surface area contributed by atoms with Crippen molar-refractivity contribution in [3.63, 3.8) is 0 Å². The summed E-state index contributed by atoms with van der Waals surface area (Å²) in [6.07, 6.45) is 0. The summed E-state index contributed by atoms with van der Waals surface area (Å²) >= 11 is 0. The Morgan fingerprint density at radius 2 is 0.625 bits per heavy atom. The summed E-state index contributed by atoms with van der Waals surface area (Å²) in [5.74, 6) is 0. The van der Waals surface area contributed by atoms with E-state index >= 15 is 0 Å². The quantitative estimate of drug-likeness (QED) is 0.376. The van der Waals surface area contributed by atoms with E-state index < -0.39 is 0 Å². The summed E-state index contributed by atoms with van der Waals surface area (Å²) < 4.78 is 0. The van der Waals surface area contributed by atoms with Gasteiger partial charge in [0.1, 0.15) is 0 Å². The fourth-order valence-electron chi connectivity index (χ4n) is 0. The zero-order chi connectivity index (χ0) is 0. The Hall–Kier alpha value is 1.60. The zero-order valence-corrected chi connectivity index (χ0v) is 7.43. The summed E-state index contributed by atoms with van der Waals surface area (Å²) in [7, 11) is 0. The molecule has 0 bridgehead atoms. The van der Waals surface area contributed by atoms with Gasteiger partial charge in [0, 0.05) is 18.6 Å². The van der Waals surface area contributed by atoms with Gasteiger partial charge in [0.2, 0.25) is 0 Å². The van der Waals surface area contributed by atoms with Crippen LogP contribution in [0.5, 0.6) is 0 Å². The summed E-state index contributed by atoms with van der Waals surface area (Å²) in [6, 6.07) is 0. The van der Waals surface area contributed by atoms with Crippen LogP contribution in [-0.2, 0) is 35.0 Å². The maximum absolute atomic E-state index is 0. The van der Waals surface area contributed by atoms with E-state index in [2.05, 4.69) is 0 Å². The van der Waals surface area contributed by atoms with E-state index in [0.717, 1.165) is 0 Å². The number of hydrogen-bond donors (Lipinski definition) is 0. The molecule has 0 amide bonds. The summed E-state index contributed by atoms with van der Waals surface area (Å²) in [4.78, 5) is 0. The Morgan fingerprint density at radius 3 is 0.625 bits per heavy atom. The minimum Gasteiger partial charge on any atom is -2.00 e. The van der Waals surface area contributed by atoms with E-state index in [-0.39, 0.29) is 89.2 Å². The van der Waals surface area contributed by atoms with Crippen LogP contribution in [0.25, 0.3) is 0 Å². The average Bonchev–Trinajstić information content (AvgIpc) is 0. The molecule has 0 saturated carbocycles. The normalized spacial score (nSPS) is 0. The standard InChI is InChI=1S/Ca.3H2O.3O.V/h;3*1H2;;;;/q+2;;;;3*-2;/p-1. The van der Waals surface area contributed by atoms with Crippen LogP contribution in [0.3, 0.4) is 0 Å². The third-order valence-corrected chi connectivity index (χ3v) is 0. The van der Waals surface area contributed by atoms with Crippen LogP contribution < -0.4 is 0 Å². The first-order valence-electron chi connectivity index (χ1n) is 0. The third-order valence-electron chi connectivity index (χ3n) is 0. The molecule has 0 atom stereocenters. The van der Waals surface area contributed by atoms with Gasteiger partial charge >= 0.3 is 37.7 Å². The van der Waals surface area contributed by atoms with Gasteiger partial charge in [-0.05, 0) is 0 Å². The second kappa shape index (κ2) is 193. The first kappa shape index (κ1) is 276. The van der Waals surface area contributed by atoms with Crippen molar-refractivity contribution >= 4 is 37.7 Å². The van der Waals surface area contributed by atoms with E-state index in [1.54, 1.807) is 0 Å². The fourth-order valence-corrected chi connectivity index (χ4v) is 0. The van der Waals surface area contributed by atoms with Gasteiger partial charge in [-0.15, -0.1) is 0 Å². The summed E-state index contributed by atoms with van der Waals surface area (Å²) in [5, 5.41) is 0. The zero-order valence-electron chi connectivity index (χ0n) is 3.83. The molecule has 0 aliphatic heterocycles. The van der Waals surface area contributed by atoms with Gasteiger partial charge in [0.25, 0.3) is 0 Å². The van der Waals surface area contributed by atoms with Gasteiger partial charge in [0.15, 0.2) is 0 Å². The van der Waals surface area contributed by atoms with Crippen molar-refractivity contribution in [1.29, 1.82) is 0 Å². The smallest absolute Gasteiger partial charge is 2.00 e. The molecule has 0 aliphatic carbocycles. The summed E-state index contributed by atoms with van der Waals surface area (Å²) in [6.45, 7) is 0. The van der Waals surface area contributed by atoms with E-state index in [1.165, 1.54) is 0 Å². The van der Waals surface area contributed by atoms with Crippen molar-refractivity contribution in [1.82, 2.24) is 0 Å².